The number of amides is 1. The predicted molar refractivity (Wildman–Crippen MR) is 121 cm³/mol. The summed E-state index contributed by atoms with van der Waals surface area (Å²) in [6.07, 6.45) is 5.90. The molecule has 3 heterocycles. The molecule has 5 nitrogen and oxygen atoms in total. The summed E-state index contributed by atoms with van der Waals surface area (Å²) in [7, 11) is 0. The van der Waals surface area contributed by atoms with Gasteiger partial charge in [-0.25, -0.2) is 4.98 Å². The number of thiophene rings is 1. The number of benzene rings is 1. The third kappa shape index (κ3) is 4.35. The van der Waals surface area contributed by atoms with Crippen molar-refractivity contribution in [2.75, 3.05) is 19.8 Å². The number of carbonyl (C=O) groups is 1. The molecule has 2 aromatic heterocycles. The number of hydrogen-bond donors (Lipinski definition) is 0. The molecule has 4 rings (SSSR count). The van der Waals surface area contributed by atoms with Crippen LogP contribution < -0.4 is 9.47 Å². The molecule has 0 radical (unpaired) electrons. The van der Waals surface area contributed by atoms with Gasteiger partial charge < -0.3 is 14.4 Å². The summed E-state index contributed by atoms with van der Waals surface area (Å²) in [5, 5.41) is 2.69. The van der Waals surface area contributed by atoms with Gasteiger partial charge in [-0.15, -0.1) is 35.0 Å². The number of fused-ring (bicyclic) bond motifs is 1. The third-order valence-corrected chi connectivity index (χ3v) is 6.58. The van der Waals surface area contributed by atoms with E-state index in [4.69, 9.17) is 15.9 Å². The fraction of sp³-hybridized carbons (Fsp3) is 0.304. The topological polar surface area (TPSA) is 51.7 Å². The molecule has 0 bridgehead atoms. The normalized spacial score (nSPS) is 13.2. The minimum Gasteiger partial charge on any atom is -0.489 e. The molecule has 0 N–H and O–H groups in total. The number of thiazole rings is 1. The van der Waals surface area contributed by atoms with Crippen LogP contribution in [0, 0.1) is 26.2 Å². The zero-order valence-corrected chi connectivity index (χ0v) is 18.6. The lowest BCUT2D eigenvalue weighted by Gasteiger charge is -2.19. The molecule has 1 aromatic carbocycles. The van der Waals surface area contributed by atoms with E-state index in [9.17, 15) is 4.79 Å². The second-order valence-electron chi connectivity index (χ2n) is 7.00. The van der Waals surface area contributed by atoms with E-state index in [1.165, 1.54) is 16.2 Å². The number of aromatic nitrogens is 1. The van der Waals surface area contributed by atoms with Gasteiger partial charge in [0.2, 0.25) is 0 Å². The van der Waals surface area contributed by atoms with Crippen molar-refractivity contribution < 1.29 is 14.3 Å². The third-order valence-electron chi connectivity index (χ3n) is 4.75. The first kappa shape index (κ1) is 20.5. The first-order chi connectivity index (χ1) is 14.5. The molecule has 0 fully saturated rings. The van der Waals surface area contributed by atoms with Crippen LogP contribution in [0.5, 0.6) is 11.5 Å². The number of rotatable bonds is 5. The van der Waals surface area contributed by atoms with Crippen LogP contribution in [0.2, 0.25) is 0 Å². The van der Waals surface area contributed by atoms with Crippen molar-refractivity contribution in [3.8, 4) is 34.3 Å². The van der Waals surface area contributed by atoms with Crippen molar-refractivity contribution >= 4 is 28.6 Å². The lowest BCUT2D eigenvalue weighted by Crippen LogP contribution is -2.32. The molecule has 7 heteroatoms. The van der Waals surface area contributed by atoms with Crippen LogP contribution >= 0.6 is 22.7 Å². The van der Waals surface area contributed by atoms with Gasteiger partial charge >= 0.3 is 0 Å². The van der Waals surface area contributed by atoms with E-state index in [0.717, 1.165) is 21.0 Å². The van der Waals surface area contributed by atoms with Crippen LogP contribution in [0.25, 0.3) is 10.4 Å². The number of carbonyl (C=O) groups excluding carboxylic acids is 1. The Kier molecular flexibility index (Phi) is 6.07. The maximum absolute atomic E-state index is 13.0. The minimum atomic E-state index is -0.0806. The molecule has 1 aliphatic heterocycles. The van der Waals surface area contributed by atoms with Crippen molar-refractivity contribution in [3.63, 3.8) is 0 Å². The number of aryl methyl sites for hydroxylation is 2. The van der Waals surface area contributed by atoms with E-state index in [0.29, 0.717) is 49.9 Å². The molecule has 0 atom stereocenters. The molecular weight excluding hydrogens is 416 g/mol. The minimum absolute atomic E-state index is 0.0806. The Labute approximate surface area is 184 Å². The van der Waals surface area contributed by atoms with E-state index in [-0.39, 0.29) is 5.91 Å². The van der Waals surface area contributed by atoms with Gasteiger partial charge in [0.1, 0.15) is 12.3 Å². The van der Waals surface area contributed by atoms with Crippen LogP contribution in [0.1, 0.15) is 32.4 Å². The van der Waals surface area contributed by atoms with Gasteiger partial charge in [0.25, 0.3) is 5.91 Å². The summed E-state index contributed by atoms with van der Waals surface area (Å²) in [4.78, 5) is 21.5. The Hall–Kier alpha value is -2.82. The van der Waals surface area contributed by atoms with Crippen LogP contribution in [0.15, 0.2) is 29.6 Å². The first-order valence-electron chi connectivity index (χ1n) is 9.69. The second kappa shape index (κ2) is 8.90. The molecule has 3 aromatic rings. The molecule has 0 spiro atoms. The highest BCUT2D eigenvalue weighted by Crippen LogP contribution is 2.40. The predicted octanol–water partition coefficient (Wildman–Crippen LogP) is 4.93. The van der Waals surface area contributed by atoms with E-state index in [2.05, 4.69) is 36.0 Å². The number of terminal acetylenes is 1. The van der Waals surface area contributed by atoms with Crippen LogP contribution in [0.3, 0.4) is 0 Å². The lowest BCUT2D eigenvalue weighted by atomic mass is 10.1. The van der Waals surface area contributed by atoms with Gasteiger partial charge in [-0.2, -0.15) is 0 Å². The highest BCUT2D eigenvalue weighted by Gasteiger charge is 2.25. The van der Waals surface area contributed by atoms with Crippen molar-refractivity contribution in [3.05, 3.63) is 50.8 Å². The van der Waals surface area contributed by atoms with Crippen molar-refractivity contribution in [2.45, 2.75) is 26.8 Å². The number of nitrogens with zero attached hydrogens (tertiary/aromatic N) is 2. The second-order valence-corrected chi connectivity index (χ2v) is 9.35. The SMILES string of the molecule is C#CCCOc1cc(-c2ccc(C)s2)cc2c1OCCN(C(=O)c1csc(C)n1)C2. The maximum atomic E-state index is 13.0. The first-order valence-corrected chi connectivity index (χ1v) is 11.4. The van der Waals surface area contributed by atoms with Gasteiger partial charge in [-0.3, -0.25) is 4.79 Å². The lowest BCUT2D eigenvalue weighted by molar-refractivity contribution is 0.0728. The van der Waals surface area contributed by atoms with Gasteiger partial charge in [-0.05, 0) is 43.7 Å². The molecule has 30 heavy (non-hydrogen) atoms. The van der Waals surface area contributed by atoms with Gasteiger partial charge in [-0.1, -0.05) is 0 Å². The summed E-state index contributed by atoms with van der Waals surface area (Å²) >= 11 is 3.20. The number of ether oxygens (including phenoxy) is 2. The van der Waals surface area contributed by atoms with Gasteiger partial charge in [0.15, 0.2) is 11.5 Å². The van der Waals surface area contributed by atoms with E-state index in [1.807, 2.05) is 18.4 Å². The summed E-state index contributed by atoms with van der Waals surface area (Å²) in [5.74, 6) is 3.88. The Morgan fingerprint density at radius 3 is 2.93 bits per heavy atom. The van der Waals surface area contributed by atoms with E-state index in [1.54, 1.807) is 16.2 Å². The Morgan fingerprint density at radius 2 is 2.23 bits per heavy atom. The molecule has 0 saturated carbocycles. The summed E-state index contributed by atoms with van der Waals surface area (Å²) in [5.41, 5.74) is 2.45. The van der Waals surface area contributed by atoms with Crippen molar-refractivity contribution in [1.29, 1.82) is 0 Å². The van der Waals surface area contributed by atoms with Crippen LogP contribution in [0.4, 0.5) is 0 Å². The molecule has 0 aliphatic carbocycles. The molecule has 1 amide bonds. The van der Waals surface area contributed by atoms with Crippen molar-refractivity contribution in [2.24, 2.45) is 0 Å². The van der Waals surface area contributed by atoms with E-state index >= 15 is 0 Å². The van der Waals surface area contributed by atoms with E-state index < -0.39 is 0 Å². The highest BCUT2D eigenvalue weighted by atomic mass is 32.1. The standard InChI is InChI=1S/C23H22N2O3S2/c1-4-5-9-27-20-12-17(21-7-6-15(2)30-21)11-18-13-25(8-10-28-22(18)20)23(26)19-14-29-16(3)24-19/h1,6-7,11-12,14H,5,8-10,13H2,2-3H3. The Balaban J connectivity index is 1.70. The summed E-state index contributed by atoms with van der Waals surface area (Å²) < 4.78 is 12.0. The Morgan fingerprint density at radius 1 is 1.37 bits per heavy atom. The fourth-order valence-electron chi connectivity index (χ4n) is 3.34. The van der Waals surface area contributed by atoms with Crippen LogP contribution in [-0.2, 0) is 6.54 Å². The van der Waals surface area contributed by atoms with Crippen molar-refractivity contribution in [1.82, 2.24) is 9.88 Å². The molecular formula is C23H22N2O3S2. The highest BCUT2D eigenvalue weighted by molar-refractivity contribution is 7.15. The number of hydrogen-bond acceptors (Lipinski definition) is 6. The van der Waals surface area contributed by atoms with Gasteiger partial charge in [0, 0.05) is 33.7 Å². The summed E-state index contributed by atoms with van der Waals surface area (Å²) in [6.45, 7) is 5.72. The average Bonchev–Trinajstić information content (AvgIpc) is 3.30. The smallest absolute Gasteiger partial charge is 0.273 e. The zero-order chi connectivity index (χ0) is 21.1. The fourth-order valence-corrected chi connectivity index (χ4v) is 4.78. The average molecular weight is 439 g/mol. The quantitative estimate of drug-likeness (QED) is 0.419. The summed E-state index contributed by atoms with van der Waals surface area (Å²) in [6, 6.07) is 8.29. The zero-order valence-electron chi connectivity index (χ0n) is 16.9. The monoisotopic (exact) mass is 438 g/mol. The molecule has 0 saturated heterocycles. The maximum Gasteiger partial charge on any atom is 0.273 e. The van der Waals surface area contributed by atoms with Crippen LogP contribution in [-0.4, -0.2) is 35.5 Å². The molecule has 1 aliphatic rings. The Bertz CT molecular complexity index is 1110. The van der Waals surface area contributed by atoms with Gasteiger partial charge in [0.05, 0.1) is 18.2 Å². The molecule has 0 unspecified atom stereocenters. The largest absolute Gasteiger partial charge is 0.489 e. The molecule has 154 valence electrons.